The molecule has 2 fully saturated rings. The second-order valence-corrected chi connectivity index (χ2v) is 3.29. The molecule has 4 nitrogen and oxygen atoms in total. The zero-order valence-corrected chi connectivity index (χ0v) is 6.15. The van der Waals surface area contributed by atoms with Crippen LogP contribution in [0.2, 0.25) is 0 Å². The van der Waals surface area contributed by atoms with E-state index in [1.54, 1.807) is 0 Å². The van der Waals surface area contributed by atoms with Gasteiger partial charge in [0.1, 0.15) is 17.8 Å². The van der Waals surface area contributed by atoms with Crippen molar-refractivity contribution in [3.8, 4) is 0 Å². The fourth-order valence-electron chi connectivity index (χ4n) is 1.99. The van der Waals surface area contributed by atoms with Crippen LogP contribution in [0.25, 0.3) is 0 Å². The lowest BCUT2D eigenvalue weighted by Crippen LogP contribution is -2.39. The standard InChI is InChI=1S/C8H6O4/c9-7-4-1-3-2-5(11-3)6(4)8(10)12-7/h2-4,6H,1H2. The zero-order valence-electron chi connectivity index (χ0n) is 6.15. The van der Waals surface area contributed by atoms with Crippen LogP contribution in [0, 0.1) is 11.8 Å². The molecule has 3 aliphatic heterocycles. The number of hydrogen-bond acceptors (Lipinski definition) is 4. The number of ether oxygens (including phenoxy) is 2. The van der Waals surface area contributed by atoms with Gasteiger partial charge in [0.2, 0.25) is 0 Å². The summed E-state index contributed by atoms with van der Waals surface area (Å²) in [6.45, 7) is 0. The average Bonchev–Trinajstić information content (AvgIpc) is 2.27. The first kappa shape index (κ1) is 6.22. The largest absolute Gasteiger partial charge is 0.490 e. The third kappa shape index (κ3) is 0.544. The molecule has 2 bridgehead atoms. The van der Waals surface area contributed by atoms with E-state index in [4.69, 9.17) is 4.74 Å². The minimum atomic E-state index is -0.450. The van der Waals surface area contributed by atoms with Crippen molar-refractivity contribution in [2.24, 2.45) is 11.8 Å². The fourth-order valence-corrected chi connectivity index (χ4v) is 1.99. The van der Waals surface area contributed by atoms with Crippen LogP contribution in [0.4, 0.5) is 0 Å². The zero-order chi connectivity index (χ0) is 8.29. The van der Waals surface area contributed by atoms with Crippen molar-refractivity contribution in [3.63, 3.8) is 0 Å². The smallest absolute Gasteiger partial charge is 0.325 e. The lowest BCUT2D eigenvalue weighted by Gasteiger charge is -2.37. The highest BCUT2D eigenvalue weighted by Gasteiger charge is 2.54. The van der Waals surface area contributed by atoms with Gasteiger partial charge in [-0.2, -0.15) is 0 Å². The Hall–Kier alpha value is -1.32. The van der Waals surface area contributed by atoms with Crippen molar-refractivity contribution in [2.75, 3.05) is 0 Å². The molecule has 3 atom stereocenters. The van der Waals surface area contributed by atoms with Crippen molar-refractivity contribution in [2.45, 2.75) is 12.5 Å². The Kier molecular flexibility index (Phi) is 0.885. The van der Waals surface area contributed by atoms with Gasteiger partial charge in [0.25, 0.3) is 0 Å². The van der Waals surface area contributed by atoms with Gasteiger partial charge in [-0.3, -0.25) is 9.59 Å². The molecule has 0 aromatic rings. The van der Waals surface area contributed by atoms with Gasteiger partial charge in [-0.05, 0) is 6.08 Å². The molecule has 0 radical (unpaired) electrons. The molecule has 3 unspecified atom stereocenters. The van der Waals surface area contributed by atoms with Crippen LogP contribution in [-0.2, 0) is 19.1 Å². The highest BCUT2D eigenvalue weighted by atomic mass is 16.6. The minimum absolute atomic E-state index is 0.0414. The van der Waals surface area contributed by atoms with E-state index in [2.05, 4.69) is 4.74 Å². The highest BCUT2D eigenvalue weighted by molar-refractivity contribution is 5.98. The topological polar surface area (TPSA) is 52.6 Å². The van der Waals surface area contributed by atoms with Gasteiger partial charge in [-0.25, -0.2) is 0 Å². The van der Waals surface area contributed by atoms with E-state index in [1.165, 1.54) is 0 Å². The second kappa shape index (κ2) is 1.71. The Morgan fingerprint density at radius 3 is 2.75 bits per heavy atom. The van der Waals surface area contributed by atoms with E-state index in [-0.39, 0.29) is 18.0 Å². The third-order valence-corrected chi connectivity index (χ3v) is 2.59. The fraction of sp³-hybridized carbons (Fsp3) is 0.500. The summed E-state index contributed by atoms with van der Waals surface area (Å²) in [5.41, 5.74) is 0. The summed E-state index contributed by atoms with van der Waals surface area (Å²) in [5, 5.41) is 0. The summed E-state index contributed by atoms with van der Waals surface area (Å²) in [6.07, 6.45) is 2.53. The maximum absolute atomic E-state index is 11.1. The number of carbonyl (C=O) groups excluding carboxylic acids is 2. The van der Waals surface area contributed by atoms with Crippen LogP contribution in [0.15, 0.2) is 11.8 Å². The van der Waals surface area contributed by atoms with Gasteiger partial charge in [-0.15, -0.1) is 0 Å². The third-order valence-electron chi connectivity index (χ3n) is 2.59. The number of hydrogen-bond donors (Lipinski definition) is 0. The van der Waals surface area contributed by atoms with E-state index in [0.29, 0.717) is 12.2 Å². The van der Waals surface area contributed by atoms with Crippen molar-refractivity contribution in [3.05, 3.63) is 11.8 Å². The molecule has 2 saturated heterocycles. The first-order valence-corrected chi connectivity index (χ1v) is 3.89. The minimum Gasteiger partial charge on any atom is -0.490 e. The molecule has 0 amide bonds. The van der Waals surface area contributed by atoms with Crippen LogP contribution in [-0.4, -0.2) is 18.0 Å². The Bertz CT molecular complexity index is 317. The highest BCUT2D eigenvalue weighted by Crippen LogP contribution is 2.45. The summed E-state index contributed by atoms with van der Waals surface area (Å²) < 4.78 is 9.72. The SMILES string of the molecule is O=C1OC(=O)C2C3=CC(CC12)O3. The molecular weight excluding hydrogens is 160 g/mol. The number of esters is 2. The Labute approximate surface area is 68.1 Å². The van der Waals surface area contributed by atoms with Crippen LogP contribution in [0.3, 0.4) is 0 Å². The van der Waals surface area contributed by atoms with E-state index < -0.39 is 11.9 Å². The average molecular weight is 166 g/mol. The van der Waals surface area contributed by atoms with Gasteiger partial charge < -0.3 is 9.47 Å². The summed E-state index contributed by atoms with van der Waals surface area (Å²) >= 11 is 0. The summed E-state index contributed by atoms with van der Waals surface area (Å²) in [5.74, 6) is -0.899. The van der Waals surface area contributed by atoms with E-state index in [1.807, 2.05) is 6.08 Å². The normalized spacial score (nSPS) is 42.3. The molecular formula is C8H6O4. The molecule has 0 spiro atoms. The van der Waals surface area contributed by atoms with Crippen molar-refractivity contribution < 1.29 is 19.1 Å². The maximum atomic E-state index is 11.1. The Morgan fingerprint density at radius 2 is 2.08 bits per heavy atom. The Morgan fingerprint density at radius 1 is 1.33 bits per heavy atom. The van der Waals surface area contributed by atoms with Gasteiger partial charge >= 0.3 is 11.9 Å². The molecule has 1 aliphatic carbocycles. The van der Waals surface area contributed by atoms with Crippen LogP contribution in [0.5, 0.6) is 0 Å². The summed E-state index contributed by atoms with van der Waals surface area (Å²) in [7, 11) is 0. The molecule has 0 saturated carbocycles. The quantitative estimate of drug-likeness (QED) is 0.375. The van der Waals surface area contributed by atoms with Gasteiger partial charge in [0.15, 0.2) is 0 Å². The molecule has 0 aromatic carbocycles. The van der Waals surface area contributed by atoms with Gasteiger partial charge in [0.05, 0.1) is 5.92 Å². The number of rotatable bonds is 0. The molecule has 0 N–H and O–H groups in total. The Balaban J connectivity index is 2.05. The van der Waals surface area contributed by atoms with Crippen LogP contribution >= 0.6 is 0 Å². The summed E-state index contributed by atoms with van der Waals surface area (Å²) in [6, 6.07) is 0. The van der Waals surface area contributed by atoms with Gasteiger partial charge in [0, 0.05) is 6.42 Å². The number of cyclic esters (lactones) is 2. The first-order valence-electron chi connectivity index (χ1n) is 3.89. The number of carbonyl (C=O) groups is 2. The van der Waals surface area contributed by atoms with Crippen LogP contribution < -0.4 is 0 Å². The predicted octanol–water partition coefficient (Wildman–Crippen LogP) is -0.0114. The van der Waals surface area contributed by atoms with E-state index in [0.717, 1.165) is 0 Å². The van der Waals surface area contributed by atoms with Crippen molar-refractivity contribution >= 4 is 11.9 Å². The monoisotopic (exact) mass is 166 g/mol. The van der Waals surface area contributed by atoms with Crippen LogP contribution in [0.1, 0.15) is 6.42 Å². The lowest BCUT2D eigenvalue weighted by atomic mass is 9.80. The van der Waals surface area contributed by atoms with Crippen molar-refractivity contribution in [1.29, 1.82) is 0 Å². The predicted molar refractivity (Wildman–Crippen MR) is 35.7 cm³/mol. The first-order chi connectivity index (χ1) is 5.75. The maximum Gasteiger partial charge on any atom is 0.325 e. The molecule has 4 heteroatoms. The molecule has 0 aromatic heterocycles. The molecule has 4 aliphatic rings. The molecule has 4 rings (SSSR count). The molecule has 3 heterocycles. The lowest BCUT2D eigenvalue weighted by molar-refractivity contribution is -0.153. The van der Waals surface area contributed by atoms with Crippen molar-refractivity contribution in [1.82, 2.24) is 0 Å². The van der Waals surface area contributed by atoms with Gasteiger partial charge in [-0.1, -0.05) is 0 Å². The molecule has 12 heavy (non-hydrogen) atoms. The van der Waals surface area contributed by atoms with E-state index in [9.17, 15) is 9.59 Å². The second-order valence-electron chi connectivity index (χ2n) is 3.29. The molecule has 62 valence electrons. The summed E-state index contributed by atoms with van der Waals surface area (Å²) in [4.78, 5) is 22.1. The van der Waals surface area contributed by atoms with E-state index >= 15 is 0 Å².